The average molecular weight is 249 g/mol. The number of nitrogens with one attached hydrogen (secondary N) is 1. The second-order valence-electron chi connectivity index (χ2n) is 5.16. The standard InChI is InChI=1S/C14H19NOS/c1-10-9-17-14(15-10)6-5-11-3-4-13(16-2)7-12(11)8-14/h3-4,7,10,15H,5-6,8-9H2,1-2H3. The highest BCUT2D eigenvalue weighted by molar-refractivity contribution is 8.00. The SMILES string of the molecule is COc1ccc2c(c1)CC1(CC2)NC(C)CS1. The first-order valence-corrected chi connectivity index (χ1v) is 7.27. The molecule has 92 valence electrons. The molecule has 0 radical (unpaired) electrons. The molecule has 0 saturated carbocycles. The van der Waals surface area contributed by atoms with Gasteiger partial charge in [0.05, 0.1) is 12.0 Å². The first kappa shape index (κ1) is 11.4. The smallest absolute Gasteiger partial charge is 0.119 e. The quantitative estimate of drug-likeness (QED) is 0.826. The summed E-state index contributed by atoms with van der Waals surface area (Å²) in [6.07, 6.45) is 3.57. The van der Waals surface area contributed by atoms with Crippen molar-refractivity contribution in [1.82, 2.24) is 5.32 Å². The van der Waals surface area contributed by atoms with Crippen LogP contribution in [0.4, 0.5) is 0 Å². The number of rotatable bonds is 1. The number of ether oxygens (including phenoxy) is 1. The van der Waals surface area contributed by atoms with Crippen LogP contribution in [0.1, 0.15) is 24.5 Å². The molecule has 1 aromatic carbocycles. The molecule has 1 fully saturated rings. The third-order valence-corrected chi connectivity index (χ3v) is 5.49. The molecule has 1 aliphatic carbocycles. The van der Waals surface area contributed by atoms with Crippen molar-refractivity contribution in [2.45, 2.75) is 37.1 Å². The summed E-state index contributed by atoms with van der Waals surface area (Å²) in [5.41, 5.74) is 2.96. The number of methoxy groups -OCH3 is 1. The zero-order valence-corrected chi connectivity index (χ0v) is 11.3. The Balaban J connectivity index is 1.88. The molecular weight excluding hydrogens is 230 g/mol. The van der Waals surface area contributed by atoms with Crippen LogP contribution in [0.2, 0.25) is 0 Å². The third-order valence-electron chi connectivity index (χ3n) is 3.81. The number of fused-ring (bicyclic) bond motifs is 1. The molecule has 1 heterocycles. The van der Waals surface area contributed by atoms with E-state index in [4.69, 9.17) is 4.74 Å². The molecule has 0 aromatic heterocycles. The van der Waals surface area contributed by atoms with E-state index in [2.05, 4.69) is 42.2 Å². The molecular formula is C14H19NOS. The fourth-order valence-electron chi connectivity index (χ4n) is 2.93. The highest BCUT2D eigenvalue weighted by atomic mass is 32.2. The minimum absolute atomic E-state index is 0.290. The first-order valence-electron chi connectivity index (χ1n) is 6.28. The van der Waals surface area contributed by atoms with Crippen molar-refractivity contribution >= 4 is 11.8 Å². The lowest BCUT2D eigenvalue weighted by atomic mass is 9.87. The molecule has 2 aliphatic rings. The van der Waals surface area contributed by atoms with Gasteiger partial charge in [0.15, 0.2) is 0 Å². The summed E-state index contributed by atoms with van der Waals surface area (Å²) < 4.78 is 5.33. The Hall–Kier alpha value is -0.670. The van der Waals surface area contributed by atoms with Crippen LogP contribution >= 0.6 is 11.8 Å². The van der Waals surface area contributed by atoms with Gasteiger partial charge < -0.3 is 4.74 Å². The largest absolute Gasteiger partial charge is 0.497 e. The van der Waals surface area contributed by atoms with Crippen LogP contribution < -0.4 is 10.1 Å². The van der Waals surface area contributed by atoms with E-state index in [1.807, 2.05) is 0 Å². The zero-order chi connectivity index (χ0) is 11.9. The van der Waals surface area contributed by atoms with Crippen LogP contribution in [0.3, 0.4) is 0 Å². The molecule has 1 spiro atoms. The Morgan fingerprint density at radius 1 is 1.41 bits per heavy atom. The van der Waals surface area contributed by atoms with E-state index in [0.717, 1.165) is 12.2 Å². The second kappa shape index (κ2) is 4.21. The maximum atomic E-state index is 5.33. The Kier molecular flexibility index (Phi) is 2.83. The van der Waals surface area contributed by atoms with E-state index < -0.39 is 0 Å². The predicted molar refractivity (Wildman–Crippen MR) is 72.8 cm³/mol. The van der Waals surface area contributed by atoms with Crippen LogP contribution in [-0.4, -0.2) is 23.8 Å². The molecule has 1 N–H and O–H groups in total. The topological polar surface area (TPSA) is 21.3 Å². The van der Waals surface area contributed by atoms with Crippen LogP contribution in [0.25, 0.3) is 0 Å². The van der Waals surface area contributed by atoms with Gasteiger partial charge in [0.25, 0.3) is 0 Å². The van der Waals surface area contributed by atoms with Gasteiger partial charge in [-0.25, -0.2) is 0 Å². The molecule has 3 heteroatoms. The van der Waals surface area contributed by atoms with Gasteiger partial charge in [-0.05, 0) is 43.0 Å². The molecule has 2 nitrogen and oxygen atoms in total. The van der Waals surface area contributed by atoms with Crippen molar-refractivity contribution in [2.24, 2.45) is 0 Å². The van der Waals surface area contributed by atoms with Gasteiger partial charge in [-0.3, -0.25) is 5.32 Å². The van der Waals surface area contributed by atoms with Crippen molar-refractivity contribution in [2.75, 3.05) is 12.9 Å². The van der Waals surface area contributed by atoms with Crippen molar-refractivity contribution in [3.63, 3.8) is 0 Å². The maximum Gasteiger partial charge on any atom is 0.119 e. The summed E-state index contributed by atoms with van der Waals surface area (Å²) in [5, 5.41) is 3.77. The Morgan fingerprint density at radius 2 is 2.29 bits per heavy atom. The number of thioether (sulfide) groups is 1. The van der Waals surface area contributed by atoms with Gasteiger partial charge in [-0.2, -0.15) is 0 Å². The van der Waals surface area contributed by atoms with Gasteiger partial charge >= 0.3 is 0 Å². The summed E-state index contributed by atoms with van der Waals surface area (Å²) in [4.78, 5) is 0.290. The molecule has 3 rings (SSSR count). The normalized spacial score (nSPS) is 31.5. The molecule has 17 heavy (non-hydrogen) atoms. The van der Waals surface area contributed by atoms with Gasteiger partial charge in [0.1, 0.15) is 5.75 Å². The molecule has 1 saturated heterocycles. The van der Waals surface area contributed by atoms with Crippen molar-refractivity contribution < 1.29 is 4.74 Å². The van der Waals surface area contributed by atoms with Crippen molar-refractivity contribution in [3.05, 3.63) is 29.3 Å². The second-order valence-corrected chi connectivity index (χ2v) is 6.57. The highest BCUT2D eigenvalue weighted by Gasteiger charge is 2.40. The van der Waals surface area contributed by atoms with Crippen LogP contribution in [0.15, 0.2) is 18.2 Å². The Morgan fingerprint density at radius 3 is 3.00 bits per heavy atom. The van der Waals surface area contributed by atoms with Gasteiger partial charge in [0, 0.05) is 18.2 Å². The van der Waals surface area contributed by atoms with Gasteiger partial charge in [0.2, 0.25) is 0 Å². The summed E-state index contributed by atoms with van der Waals surface area (Å²) in [6.45, 7) is 2.28. The fourth-order valence-corrected chi connectivity index (χ4v) is 4.37. The number of aryl methyl sites for hydroxylation is 1. The summed E-state index contributed by atoms with van der Waals surface area (Å²) in [5.74, 6) is 2.22. The lowest BCUT2D eigenvalue weighted by molar-refractivity contribution is 0.398. The van der Waals surface area contributed by atoms with E-state index in [1.165, 1.54) is 29.7 Å². The summed E-state index contributed by atoms with van der Waals surface area (Å²) in [7, 11) is 1.74. The highest BCUT2D eigenvalue weighted by Crippen LogP contribution is 2.41. The van der Waals surface area contributed by atoms with E-state index in [0.29, 0.717) is 10.9 Å². The van der Waals surface area contributed by atoms with E-state index >= 15 is 0 Å². The molecule has 0 bridgehead atoms. The van der Waals surface area contributed by atoms with E-state index in [-0.39, 0.29) is 0 Å². The number of benzene rings is 1. The summed E-state index contributed by atoms with van der Waals surface area (Å²) >= 11 is 2.10. The van der Waals surface area contributed by atoms with Gasteiger partial charge in [-0.15, -0.1) is 11.8 Å². The maximum absolute atomic E-state index is 5.33. The van der Waals surface area contributed by atoms with Crippen molar-refractivity contribution in [1.29, 1.82) is 0 Å². The minimum atomic E-state index is 0.290. The monoisotopic (exact) mass is 249 g/mol. The first-order chi connectivity index (χ1) is 8.21. The van der Waals surface area contributed by atoms with E-state index in [9.17, 15) is 0 Å². The van der Waals surface area contributed by atoms with Crippen molar-refractivity contribution in [3.8, 4) is 5.75 Å². The molecule has 1 aliphatic heterocycles. The lowest BCUT2D eigenvalue weighted by Gasteiger charge is -2.34. The third kappa shape index (κ3) is 2.06. The predicted octanol–water partition coefficient (Wildman–Crippen LogP) is 2.61. The zero-order valence-electron chi connectivity index (χ0n) is 10.5. The Labute approximate surface area is 107 Å². The number of hydrogen-bond acceptors (Lipinski definition) is 3. The van der Waals surface area contributed by atoms with Crippen LogP contribution in [0.5, 0.6) is 5.75 Å². The fraction of sp³-hybridized carbons (Fsp3) is 0.571. The average Bonchev–Trinajstić information content (AvgIpc) is 2.69. The van der Waals surface area contributed by atoms with E-state index in [1.54, 1.807) is 7.11 Å². The number of hydrogen-bond donors (Lipinski definition) is 1. The van der Waals surface area contributed by atoms with Crippen LogP contribution in [0, 0.1) is 0 Å². The summed E-state index contributed by atoms with van der Waals surface area (Å²) in [6, 6.07) is 7.16. The molecule has 2 atom stereocenters. The lowest BCUT2D eigenvalue weighted by Crippen LogP contribution is -2.45. The Bertz CT molecular complexity index is 434. The molecule has 2 unspecified atom stereocenters. The van der Waals surface area contributed by atoms with Gasteiger partial charge in [-0.1, -0.05) is 6.07 Å². The van der Waals surface area contributed by atoms with Crippen LogP contribution in [-0.2, 0) is 12.8 Å². The minimum Gasteiger partial charge on any atom is -0.497 e. The molecule has 0 amide bonds. The molecule has 1 aromatic rings.